The predicted octanol–water partition coefficient (Wildman–Crippen LogP) is 1.05. The van der Waals surface area contributed by atoms with Crippen LogP contribution in [0.3, 0.4) is 0 Å². The summed E-state index contributed by atoms with van der Waals surface area (Å²) in [6.07, 6.45) is 0.133. The van der Waals surface area contributed by atoms with Crippen LogP contribution >= 0.6 is 0 Å². The molecule has 0 saturated heterocycles. The van der Waals surface area contributed by atoms with Crippen molar-refractivity contribution in [2.75, 3.05) is 13.7 Å². The maximum absolute atomic E-state index is 9.69. The standard InChI is InChI=1S/C13H17N3O3/c1-18-10-4-2-3-9(7-10)8-12-15-13(19-16-12)11(17)5-6-14/h2-4,7,11,17H,5-6,8,14H2,1H3. The minimum Gasteiger partial charge on any atom is -0.497 e. The second-order valence-corrected chi connectivity index (χ2v) is 4.17. The molecular formula is C13H17N3O3. The van der Waals surface area contributed by atoms with E-state index in [1.54, 1.807) is 7.11 Å². The maximum atomic E-state index is 9.69. The van der Waals surface area contributed by atoms with Crippen molar-refractivity contribution in [1.29, 1.82) is 0 Å². The summed E-state index contributed by atoms with van der Waals surface area (Å²) >= 11 is 0. The van der Waals surface area contributed by atoms with Gasteiger partial charge in [-0.2, -0.15) is 4.98 Å². The monoisotopic (exact) mass is 263 g/mol. The van der Waals surface area contributed by atoms with Gasteiger partial charge in [-0.25, -0.2) is 0 Å². The molecule has 2 aromatic rings. The van der Waals surface area contributed by atoms with Gasteiger partial charge in [0.05, 0.1) is 7.11 Å². The van der Waals surface area contributed by atoms with Crippen molar-refractivity contribution in [2.24, 2.45) is 5.73 Å². The molecule has 102 valence electrons. The van der Waals surface area contributed by atoms with E-state index < -0.39 is 6.10 Å². The molecule has 0 aliphatic carbocycles. The lowest BCUT2D eigenvalue weighted by atomic mass is 10.1. The molecule has 0 aliphatic heterocycles. The Balaban J connectivity index is 2.06. The van der Waals surface area contributed by atoms with Crippen LogP contribution in [0.2, 0.25) is 0 Å². The highest BCUT2D eigenvalue weighted by molar-refractivity contribution is 5.30. The molecule has 0 amide bonds. The van der Waals surface area contributed by atoms with Gasteiger partial charge in [-0.15, -0.1) is 0 Å². The van der Waals surface area contributed by atoms with E-state index in [1.807, 2.05) is 24.3 Å². The average molecular weight is 263 g/mol. The van der Waals surface area contributed by atoms with Gasteiger partial charge >= 0.3 is 0 Å². The van der Waals surface area contributed by atoms with E-state index in [9.17, 15) is 5.11 Å². The van der Waals surface area contributed by atoms with Crippen molar-refractivity contribution in [3.05, 3.63) is 41.5 Å². The molecule has 0 saturated carbocycles. The lowest BCUT2D eigenvalue weighted by molar-refractivity contribution is 0.127. The van der Waals surface area contributed by atoms with Crippen molar-refractivity contribution in [3.63, 3.8) is 0 Å². The zero-order valence-corrected chi connectivity index (χ0v) is 10.7. The molecule has 0 aliphatic rings. The summed E-state index contributed by atoms with van der Waals surface area (Å²) in [5, 5.41) is 13.5. The Morgan fingerprint density at radius 1 is 1.47 bits per heavy atom. The van der Waals surface area contributed by atoms with Crippen LogP contribution < -0.4 is 10.5 Å². The van der Waals surface area contributed by atoms with Gasteiger partial charge in [-0.05, 0) is 30.7 Å². The fourth-order valence-corrected chi connectivity index (χ4v) is 1.72. The molecule has 1 heterocycles. The zero-order valence-electron chi connectivity index (χ0n) is 10.7. The van der Waals surface area contributed by atoms with Gasteiger partial charge in [-0.1, -0.05) is 17.3 Å². The van der Waals surface area contributed by atoms with Crippen molar-refractivity contribution in [2.45, 2.75) is 18.9 Å². The van der Waals surface area contributed by atoms with E-state index in [0.29, 0.717) is 25.2 Å². The average Bonchev–Trinajstić information content (AvgIpc) is 2.88. The van der Waals surface area contributed by atoms with Gasteiger partial charge in [0.1, 0.15) is 11.9 Å². The van der Waals surface area contributed by atoms with Crippen molar-refractivity contribution in [1.82, 2.24) is 10.1 Å². The summed E-state index contributed by atoms with van der Waals surface area (Å²) < 4.78 is 10.2. The SMILES string of the molecule is COc1cccc(Cc2noc(C(O)CCN)n2)c1. The van der Waals surface area contributed by atoms with E-state index in [-0.39, 0.29) is 5.89 Å². The van der Waals surface area contributed by atoms with Crippen LogP contribution in [0.5, 0.6) is 5.75 Å². The Morgan fingerprint density at radius 3 is 3.05 bits per heavy atom. The first kappa shape index (κ1) is 13.5. The second-order valence-electron chi connectivity index (χ2n) is 4.17. The van der Waals surface area contributed by atoms with E-state index in [0.717, 1.165) is 11.3 Å². The highest BCUT2D eigenvalue weighted by Gasteiger charge is 2.15. The Kier molecular flexibility index (Phi) is 4.48. The van der Waals surface area contributed by atoms with Crippen molar-refractivity contribution >= 4 is 0 Å². The molecule has 6 heteroatoms. The van der Waals surface area contributed by atoms with Gasteiger partial charge in [0.2, 0.25) is 0 Å². The molecule has 1 aromatic carbocycles. The fraction of sp³-hybridized carbons (Fsp3) is 0.385. The van der Waals surface area contributed by atoms with E-state index in [2.05, 4.69) is 10.1 Å². The molecule has 3 N–H and O–H groups in total. The molecule has 19 heavy (non-hydrogen) atoms. The molecule has 0 bridgehead atoms. The first-order valence-electron chi connectivity index (χ1n) is 6.06. The first-order chi connectivity index (χ1) is 9.22. The third kappa shape index (κ3) is 3.52. The van der Waals surface area contributed by atoms with Crippen LogP contribution in [0.15, 0.2) is 28.8 Å². The first-order valence-corrected chi connectivity index (χ1v) is 6.06. The number of aliphatic hydroxyl groups is 1. The number of aromatic nitrogens is 2. The molecule has 1 atom stereocenters. The molecule has 6 nitrogen and oxygen atoms in total. The van der Waals surface area contributed by atoms with Crippen molar-refractivity contribution in [3.8, 4) is 5.75 Å². The van der Waals surface area contributed by atoms with E-state index in [1.165, 1.54) is 0 Å². The molecule has 0 fully saturated rings. The van der Waals surface area contributed by atoms with Gasteiger partial charge in [0.25, 0.3) is 5.89 Å². The smallest absolute Gasteiger partial charge is 0.255 e. The van der Waals surface area contributed by atoms with Crippen LogP contribution in [0.4, 0.5) is 0 Å². The Morgan fingerprint density at radius 2 is 2.32 bits per heavy atom. The van der Waals surface area contributed by atoms with Gasteiger partial charge in [0.15, 0.2) is 5.82 Å². The van der Waals surface area contributed by atoms with Crippen LogP contribution in [0.25, 0.3) is 0 Å². The number of nitrogens with two attached hydrogens (primary N) is 1. The summed E-state index contributed by atoms with van der Waals surface area (Å²) in [6.45, 7) is 0.370. The number of ether oxygens (including phenoxy) is 1. The van der Waals surface area contributed by atoms with Crippen LogP contribution in [-0.2, 0) is 6.42 Å². The lowest BCUT2D eigenvalue weighted by Gasteiger charge is -2.02. The normalized spacial score (nSPS) is 12.4. The molecule has 1 unspecified atom stereocenters. The van der Waals surface area contributed by atoms with Crippen LogP contribution in [0.1, 0.15) is 29.8 Å². The summed E-state index contributed by atoms with van der Waals surface area (Å²) in [6, 6.07) is 7.63. The van der Waals surface area contributed by atoms with E-state index >= 15 is 0 Å². The van der Waals surface area contributed by atoms with Crippen LogP contribution in [0, 0.1) is 0 Å². The topological polar surface area (TPSA) is 94.4 Å². The molecule has 0 spiro atoms. The van der Waals surface area contributed by atoms with Gasteiger partial charge in [-0.3, -0.25) is 0 Å². The summed E-state index contributed by atoms with van der Waals surface area (Å²) in [5.74, 6) is 1.52. The minimum atomic E-state index is -0.795. The number of rotatable bonds is 6. The Labute approximate surface area is 111 Å². The van der Waals surface area contributed by atoms with Crippen molar-refractivity contribution < 1.29 is 14.4 Å². The zero-order chi connectivity index (χ0) is 13.7. The highest BCUT2D eigenvalue weighted by atomic mass is 16.5. The van der Waals surface area contributed by atoms with Gasteiger partial charge in [0, 0.05) is 6.42 Å². The second kappa shape index (κ2) is 6.31. The minimum absolute atomic E-state index is 0.211. The number of hydrogen-bond donors (Lipinski definition) is 2. The molecule has 1 aromatic heterocycles. The van der Waals surface area contributed by atoms with Crippen LogP contribution in [-0.4, -0.2) is 28.9 Å². The summed E-state index contributed by atoms with van der Waals surface area (Å²) in [4.78, 5) is 4.16. The highest BCUT2D eigenvalue weighted by Crippen LogP contribution is 2.17. The number of hydrogen-bond acceptors (Lipinski definition) is 6. The Hall–Kier alpha value is -1.92. The Bertz CT molecular complexity index is 527. The number of benzene rings is 1. The number of aliphatic hydroxyl groups excluding tert-OH is 1. The molecular weight excluding hydrogens is 246 g/mol. The number of nitrogens with zero attached hydrogens (tertiary/aromatic N) is 2. The molecule has 0 radical (unpaired) electrons. The maximum Gasteiger partial charge on any atom is 0.255 e. The summed E-state index contributed by atoms with van der Waals surface area (Å²) in [5.41, 5.74) is 6.38. The quantitative estimate of drug-likeness (QED) is 0.809. The lowest BCUT2D eigenvalue weighted by Crippen LogP contribution is -2.07. The van der Waals surface area contributed by atoms with E-state index in [4.69, 9.17) is 15.0 Å². The summed E-state index contributed by atoms with van der Waals surface area (Å²) in [7, 11) is 1.62. The number of methoxy groups -OCH3 is 1. The molecule has 2 rings (SSSR count). The third-order valence-corrected chi connectivity index (χ3v) is 2.71. The predicted molar refractivity (Wildman–Crippen MR) is 68.7 cm³/mol. The van der Waals surface area contributed by atoms with Gasteiger partial charge < -0.3 is 20.1 Å². The largest absolute Gasteiger partial charge is 0.497 e. The fourth-order valence-electron chi connectivity index (χ4n) is 1.72. The third-order valence-electron chi connectivity index (χ3n) is 2.71.